The van der Waals surface area contributed by atoms with E-state index in [4.69, 9.17) is 4.74 Å². The van der Waals surface area contributed by atoms with Crippen molar-refractivity contribution in [1.29, 1.82) is 0 Å². The Morgan fingerprint density at radius 3 is 1.89 bits per heavy atom. The van der Waals surface area contributed by atoms with Crippen LogP contribution in [-0.4, -0.2) is 7.11 Å². The van der Waals surface area contributed by atoms with E-state index in [0.717, 1.165) is 5.75 Å². The molecule has 0 N–H and O–H groups in total. The summed E-state index contributed by atoms with van der Waals surface area (Å²) in [6, 6.07) is 18.9. The van der Waals surface area contributed by atoms with Crippen LogP contribution in [0.2, 0.25) is 0 Å². The van der Waals surface area contributed by atoms with Gasteiger partial charge in [0.2, 0.25) is 0 Å². The molecule has 1 unspecified atom stereocenters. The molecule has 90 valence electrons. The Balaban J connectivity index is 1.95. The lowest BCUT2D eigenvalue weighted by atomic mass is 10.1. The molecule has 0 spiro atoms. The van der Waals surface area contributed by atoms with Gasteiger partial charge < -0.3 is 4.74 Å². The van der Waals surface area contributed by atoms with E-state index in [2.05, 4.69) is 49.4 Å². The molecule has 0 amide bonds. The summed E-state index contributed by atoms with van der Waals surface area (Å²) in [5, 5.41) is 0. The molecule has 0 bridgehead atoms. The molecule has 0 fully saturated rings. The van der Waals surface area contributed by atoms with Crippen LogP contribution in [0.4, 0.5) is 0 Å². The molecule has 0 aliphatic heterocycles. The summed E-state index contributed by atoms with van der Waals surface area (Å²) in [6.45, 7) is 2.27. The minimum absolute atomic E-state index is 0.570. The first-order valence-corrected chi connectivity index (χ1v) is 6.25. The first kappa shape index (κ1) is 11.1. The highest BCUT2D eigenvalue weighted by atomic mass is 16.5. The number of hydrogen-bond acceptors (Lipinski definition) is 1. The van der Waals surface area contributed by atoms with Gasteiger partial charge in [-0.05, 0) is 34.4 Å². The van der Waals surface area contributed by atoms with Crippen molar-refractivity contribution < 1.29 is 4.74 Å². The molecule has 0 saturated carbocycles. The van der Waals surface area contributed by atoms with Crippen molar-refractivity contribution in [3.63, 3.8) is 0 Å². The van der Waals surface area contributed by atoms with Crippen molar-refractivity contribution in [2.75, 3.05) is 7.11 Å². The average Bonchev–Trinajstić information content (AvgIpc) is 3.11. The zero-order chi connectivity index (χ0) is 12.5. The van der Waals surface area contributed by atoms with Crippen molar-refractivity contribution >= 4 is 11.1 Å². The van der Waals surface area contributed by atoms with E-state index in [0.29, 0.717) is 5.92 Å². The van der Waals surface area contributed by atoms with Crippen molar-refractivity contribution in [2.45, 2.75) is 6.92 Å². The molecule has 3 rings (SSSR count). The maximum Gasteiger partial charge on any atom is 0.118 e. The standard InChI is InChI=1S/C17H16O/c1-12-16(13-6-4-3-5-7-13)17(12)14-8-10-15(18-2)11-9-14/h3-12H,1-2H3. The van der Waals surface area contributed by atoms with Gasteiger partial charge in [0.05, 0.1) is 7.11 Å². The first-order valence-electron chi connectivity index (χ1n) is 6.25. The van der Waals surface area contributed by atoms with E-state index in [1.54, 1.807) is 7.11 Å². The average molecular weight is 236 g/mol. The highest BCUT2D eigenvalue weighted by Gasteiger charge is 2.33. The molecule has 1 atom stereocenters. The van der Waals surface area contributed by atoms with E-state index in [9.17, 15) is 0 Å². The van der Waals surface area contributed by atoms with Gasteiger partial charge in [0.25, 0.3) is 0 Å². The number of hydrogen-bond donors (Lipinski definition) is 0. The molecule has 1 aliphatic rings. The number of rotatable bonds is 3. The molecule has 1 nitrogen and oxygen atoms in total. The van der Waals surface area contributed by atoms with Crippen LogP contribution in [0.3, 0.4) is 0 Å². The molecule has 1 heteroatoms. The van der Waals surface area contributed by atoms with Crippen LogP contribution in [0, 0.1) is 5.92 Å². The van der Waals surface area contributed by atoms with Crippen LogP contribution in [0.15, 0.2) is 54.6 Å². The van der Waals surface area contributed by atoms with Gasteiger partial charge in [-0.2, -0.15) is 0 Å². The SMILES string of the molecule is COc1ccc(C2=C(c3ccccc3)C2C)cc1. The van der Waals surface area contributed by atoms with E-state index >= 15 is 0 Å². The summed E-state index contributed by atoms with van der Waals surface area (Å²) in [5.41, 5.74) is 5.59. The van der Waals surface area contributed by atoms with E-state index in [1.165, 1.54) is 22.3 Å². The molecule has 1 aliphatic carbocycles. The van der Waals surface area contributed by atoms with Crippen LogP contribution >= 0.6 is 0 Å². The van der Waals surface area contributed by atoms with Crippen molar-refractivity contribution in [2.24, 2.45) is 5.92 Å². The molecule has 0 aromatic heterocycles. The largest absolute Gasteiger partial charge is 0.497 e. The summed E-state index contributed by atoms with van der Waals surface area (Å²) >= 11 is 0. The summed E-state index contributed by atoms with van der Waals surface area (Å²) in [6.07, 6.45) is 0. The maximum absolute atomic E-state index is 5.19. The maximum atomic E-state index is 5.19. The monoisotopic (exact) mass is 236 g/mol. The predicted octanol–water partition coefficient (Wildman–Crippen LogP) is 4.26. The minimum Gasteiger partial charge on any atom is -0.497 e. The Kier molecular flexibility index (Phi) is 2.67. The van der Waals surface area contributed by atoms with Gasteiger partial charge in [-0.3, -0.25) is 0 Å². The van der Waals surface area contributed by atoms with Gasteiger partial charge in [-0.1, -0.05) is 49.4 Å². The smallest absolute Gasteiger partial charge is 0.118 e. The molecule has 2 aromatic carbocycles. The van der Waals surface area contributed by atoms with Crippen LogP contribution in [0.25, 0.3) is 11.1 Å². The third kappa shape index (κ3) is 1.82. The van der Waals surface area contributed by atoms with E-state index in [-0.39, 0.29) is 0 Å². The minimum atomic E-state index is 0.570. The molecular formula is C17H16O. The summed E-state index contributed by atoms with van der Waals surface area (Å²) in [5.74, 6) is 1.48. The van der Waals surface area contributed by atoms with Crippen LogP contribution in [-0.2, 0) is 0 Å². The topological polar surface area (TPSA) is 9.23 Å². The zero-order valence-corrected chi connectivity index (χ0v) is 10.7. The first-order chi connectivity index (χ1) is 8.81. The highest BCUT2D eigenvalue weighted by Crippen LogP contribution is 2.52. The third-order valence-electron chi connectivity index (χ3n) is 3.56. The lowest BCUT2D eigenvalue weighted by Gasteiger charge is -2.00. The number of methoxy groups -OCH3 is 1. The summed E-state index contributed by atoms with van der Waals surface area (Å²) in [7, 11) is 1.70. The lowest BCUT2D eigenvalue weighted by molar-refractivity contribution is 0.415. The molecular weight excluding hydrogens is 220 g/mol. The Labute approximate surface area is 108 Å². The van der Waals surface area contributed by atoms with Crippen molar-refractivity contribution in [3.8, 4) is 5.75 Å². The fraction of sp³-hybridized carbons (Fsp3) is 0.176. The van der Waals surface area contributed by atoms with Crippen molar-refractivity contribution in [3.05, 3.63) is 65.7 Å². The van der Waals surface area contributed by atoms with E-state index < -0.39 is 0 Å². The third-order valence-corrected chi connectivity index (χ3v) is 3.56. The normalized spacial score (nSPS) is 17.8. The Hall–Kier alpha value is -2.02. The zero-order valence-electron chi connectivity index (χ0n) is 10.7. The number of benzene rings is 2. The molecule has 0 heterocycles. The second-order valence-electron chi connectivity index (χ2n) is 4.64. The van der Waals surface area contributed by atoms with Gasteiger partial charge in [0, 0.05) is 5.92 Å². The lowest BCUT2D eigenvalue weighted by Crippen LogP contribution is -1.82. The van der Waals surface area contributed by atoms with Crippen LogP contribution in [0.5, 0.6) is 5.75 Å². The van der Waals surface area contributed by atoms with Gasteiger partial charge >= 0.3 is 0 Å². The van der Waals surface area contributed by atoms with Gasteiger partial charge in [-0.25, -0.2) is 0 Å². The Morgan fingerprint density at radius 2 is 1.33 bits per heavy atom. The van der Waals surface area contributed by atoms with Gasteiger partial charge in [0.15, 0.2) is 0 Å². The second-order valence-corrected chi connectivity index (χ2v) is 4.64. The molecule has 18 heavy (non-hydrogen) atoms. The fourth-order valence-corrected chi connectivity index (χ4v) is 2.54. The van der Waals surface area contributed by atoms with Gasteiger partial charge in [-0.15, -0.1) is 0 Å². The highest BCUT2D eigenvalue weighted by molar-refractivity contribution is 6.10. The molecule has 2 aromatic rings. The van der Waals surface area contributed by atoms with Crippen LogP contribution < -0.4 is 4.74 Å². The second kappa shape index (κ2) is 4.34. The Bertz CT molecular complexity index is 579. The molecule has 0 radical (unpaired) electrons. The number of allylic oxidation sites excluding steroid dienone is 2. The van der Waals surface area contributed by atoms with Crippen LogP contribution in [0.1, 0.15) is 18.1 Å². The summed E-state index contributed by atoms with van der Waals surface area (Å²) in [4.78, 5) is 0. The fourth-order valence-electron chi connectivity index (χ4n) is 2.54. The predicted molar refractivity (Wildman–Crippen MR) is 75.4 cm³/mol. The molecule has 0 saturated heterocycles. The van der Waals surface area contributed by atoms with Crippen molar-refractivity contribution in [1.82, 2.24) is 0 Å². The number of ether oxygens (including phenoxy) is 1. The quantitative estimate of drug-likeness (QED) is 0.774. The summed E-state index contributed by atoms with van der Waals surface area (Å²) < 4.78 is 5.19. The van der Waals surface area contributed by atoms with E-state index in [1.807, 2.05) is 12.1 Å². The Morgan fingerprint density at radius 1 is 0.778 bits per heavy atom. The van der Waals surface area contributed by atoms with Gasteiger partial charge in [0.1, 0.15) is 5.75 Å².